The van der Waals surface area contributed by atoms with Crippen LogP contribution in [0.15, 0.2) is 47.6 Å². The van der Waals surface area contributed by atoms with Crippen molar-refractivity contribution in [3.05, 3.63) is 59.2 Å². The number of amides is 2. The molecule has 0 aromatic heterocycles. The van der Waals surface area contributed by atoms with Gasteiger partial charge in [0.15, 0.2) is 11.5 Å². The number of hydrazone groups is 1. The van der Waals surface area contributed by atoms with Crippen molar-refractivity contribution in [2.75, 3.05) is 13.7 Å². The summed E-state index contributed by atoms with van der Waals surface area (Å²) in [5, 5.41) is 4.95. The molecule has 6 heteroatoms. The van der Waals surface area contributed by atoms with Crippen LogP contribution in [0.1, 0.15) is 46.5 Å². The van der Waals surface area contributed by atoms with E-state index in [1.807, 2.05) is 0 Å². The monoisotopic (exact) mass is 366 g/mol. The fourth-order valence-electron chi connectivity index (χ4n) is 2.69. The van der Waals surface area contributed by atoms with Crippen molar-refractivity contribution in [1.82, 2.24) is 5.01 Å². The zero-order valence-electron chi connectivity index (χ0n) is 15.6. The van der Waals surface area contributed by atoms with Crippen LogP contribution in [0, 0.1) is 5.92 Å². The van der Waals surface area contributed by atoms with Gasteiger partial charge in [-0.05, 0) is 48.2 Å². The minimum absolute atomic E-state index is 0.367. The van der Waals surface area contributed by atoms with Gasteiger partial charge in [-0.15, -0.1) is 0 Å². The molecule has 2 amide bonds. The van der Waals surface area contributed by atoms with Crippen molar-refractivity contribution in [2.45, 2.75) is 20.3 Å². The second-order valence-corrected chi connectivity index (χ2v) is 6.65. The Morgan fingerprint density at radius 2 is 1.70 bits per heavy atom. The molecule has 1 aliphatic rings. The first-order chi connectivity index (χ1) is 13.0. The van der Waals surface area contributed by atoms with Crippen molar-refractivity contribution in [2.24, 2.45) is 11.0 Å². The lowest BCUT2D eigenvalue weighted by molar-refractivity contribution is 0.0660. The zero-order valence-corrected chi connectivity index (χ0v) is 15.6. The summed E-state index contributed by atoms with van der Waals surface area (Å²) in [6.07, 6.45) is 2.41. The first-order valence-electron chi connectivity index (χ1n) is 8.84. The Labute approximate surface area is 158 Å². The molecule has 0 spiro atoms. The van der Waals surface area contributed by atoms with Crippen LogP contribution in [0.2, 0.25) is 0 Å². The number of hydrogen-bond donors (Lipinski definition) is 0. The lowest BCUT2D eigenvalue weighted by Crippen LogP contribution is -2.23. The lowest BCUT2D eigenvalue weighted by Gasteiger charge is -2.12. The smallest absolute Gasteiger partial charge is 0.282 e. The number of imide groups is 1. The first-order valence-corrected chi connectivity index (χ1v) is 8.84. The molecule has 0 N–H and O–H groups in total. The van der Waals surface area contributed by atoms with Gasteiger partial charge in [-0.2, -0.15) is 10.1 Å². The summed E-state index contributed by atoms with van der Waals surface area (Å²) >= 11 is 0. The van der Waals surface area contributed by atoms with Gasteiger partial charge in [0.1, 0.15) is 0 Å². The maximum atomic E-state index is 12.3. The number of carbonyl (C=O) groups is 2. The number of benzene rings is 2. The van der Waals surface area contributed by atoms with E-state index in [9.17, 15) is 9.59 Å². The highest BCUT2D eigenvalue weighted by Gasteiger charge is 2.35. The summed E-state index contributed by atoms with van der Waals surface area (Å²) in [6.45, 7) is 4.88. The summed E-state index contributed by atoms with van der Waals surface area (Å²) in [5.74, 6) is 0.933. The summed E-state index contributed by atoms with van der Waals surface area (Å²) in [5.41, 5.74) is 1.43. The number of fused-ring (bicyclic) bond motifs is 1. The third kappa shape index (κ3) is 4.00. The Hall–Kier alpha value is -3.15. The Morgan fingerprint density at radius 1 is 1.04 bits per heavy atom. The molecule has 1 aliphatic heterocycles. The van der Waals surface area contributed by atoms with Gasteiger partial charge in [0.25, 0.3) is 11.8 Å². The molecule has 3 rings (SSSR count). The van der Waals surface area contributed by atoms with E-state index in [-0.39, 0.29) is 0 Å². The van der Waals surface area contributed by atoms with Gasteiger partial charge in [-0.3, -0.25) is 9.59 Å². The fraction of sp³-hybridized carbons (Fsp3) is 0.286. The predicted molar refractivity (Wildman–Crippen MR) is 102 cm³/mol. The molecule has 0 fully saturated rings. The molecule has 140 valence electrons. The van der Waals surface area contributed by atoms with E-state index >= 15 is 0 Å². The number of methoxy groups -OCH3 is 1. The first kappa shape index (κ1) is 18.6. The molecule has 0 radical (unpaired) electrons. The third-order valence-electron chi connectivity index (χ3n) is 4.24. The second-order valence-electron chi connectivity index (χ2n) is 6.65. The summed E-state index contributed by atoms with van der Waals surface area (Å²) in [6, 6.07) is 12.0. The van der Waals surface area contributed by atoms with Crippen molar-refractivity contribution in [3.63, 3.8) is 0 Å². The van der Waals surface area contributed by atoms with Crippen LogP contribution >= 0.6 is 0 Å². The Kier molecular flexibility index (Phi) is 5.54. The van der Waals surface area contributed by atoms with E-state index in [4.69, 9.17) is 9.47 Å². The number of nitrogens with zero attached hydrogens (tertiary/aromatic N) is 2. The molecule has 6 nitrogen and oxygen atoms in total. The maximum Gasteiger partial charge on any atom is 0.282 e. The van der Waals surface area contributed by atoms with Crippen molar-refractivity contribution in [1.29, 1.82) is 0 Å². The quantitative estimate of drug-likeness (QED) is 0.553. The molecule has 0 bridgehead atoms. The van der Waals surface area contributed by atoms with Crippen molar-refractivity contribution in [3.8, 4) is 11.5 Å². The van der Waals surface area contributed by atoms with Crippen LogP contribution in [0.25, 0.3) is 0 Å². The van der Waals surface area contributed by atoms with Crippen molar-refractivity contribution >= 4 is 18.0 Å². The minimum atomic E-state index is -0.424. The molecule has 1 heterocycles. The Bertz CT molecular complexity index is 855. The maximum absolute atomic E-state index is 12.3. The van der Waals surface area contributed by atoms with Crippen LogP contribution in [0.4, 0.5) is 0 Å². The van der Waals surface area contributed by atoms with Crippen LogP contribution in [-0.2, 0) is 0 Å². The molecule has 0 aliphatic carbocycles. The molecule has 27 heavy (non-hydrogen) atoms. The number of hydrogen-bond acceptors (Lipinski definition) is 5. The zero-order chi connectivity index (χ0) is 19.4. The Balaban J connectivity index is 1.74. The summed E-state index contributed by atoms with van der Waals surface area (Å²) in [7, 11) is 1.57. The third-order valence-corrected chi connectivity index (χ3v) is 4.24. The van der Waals surface area contributed by atoms with Crippen LogP contribution in [-0.4, -0.2) is 36.8 Å². The molecule has 0 unspecified atom stereocenters. The largest absolute Gasteiger partial charge is 0.493 e. The van der Waals surface area contributed by atoms with E-state index in [2.05, 4.69) is 18.9 Å². The molecular weight excluding hydrogens is 344 g/mol. The van der Waals surface area contributed by atoms with Gasteiger partial charge < -0.3 is 9.47 Å². The van der Waals surface area contributed by atoms with Crippen molar-refractivity contribution < 1.29 is 19.1 Å². The van der Waals surface area contributed by atoms with E-state index < -0.39 is 11.8 Å². The number of carbonyl (C=O) groups excluding carboxylic acids is 2. The molecule has 0 saturated carbocycles. The molecule has 0 saturated heterocycles. The van der Waals surface area contributed by atoms with Crippen LogP contribution < -0.4 is 9.47 Å². The van der Waals surface area contributed by atoms with Gasteiger partial charge in [0.2, 0.25) is 0 Å². The summed E-state index contributed by atoms with van der Waals surface area (Å²) < 4.78 is 11.1. The topological polar surface area (TPSA) is 68.2 Å². The molecule has 0 atom stereocenters. The standard InChI is InChI=1S/C21H22N2O4/c1-14(2)10-11-27-18-9-8-15(12-19(18)26-3)13-22-23-20(24)16-6-4-5-7-17(16)21(23)25/h4-9,12-14H,10-11H2,1-3H3/b22-13+. The van der Waals surface area contributed by atoms with Gasteiger partial charge in [0, 0.05) is 0 Å². The normalized spacial score (nSPS) is 13.6. The van der Waals surface area contributed by atoms with Gasteiger partial charge in [-0.1, -0.05) is 26.0 Å². The fourth-order valence-corrected chi connectivity index (χ4v) is 2.69. The molecule has 2 aromatic rings. The number of ether oxygens (including phenoxy) is 2. The summed E-state index contributed by atoms with van der Waals surface area (Å²) in [4.78, 5) is 24.7. The minimum Gasteiger partial charge on any atom is -0.493 e. The highest BCUT2D eigenvalue weighted by Crippen LogP contribution is 2.28. The van der Waals surface area contributed by atoms with Gasteiger partial charge in [0.05, 0.1) is 31.1 Å². The molecule has 2 aromatic carbocycles. The Morgan fingerprint density at radius 3 is 2.30 bits per heavy atom. The van der Waals surface area contributed by atoms with E-state index in [0.29, 0.717) is 40.7 Å². The van der Waals surface area contributed by atoms with Crippen LogP contribution in [0.5, 0.6) is 11.5 Å². The highest BCUT2D eigenvalue weighted by molar-refractivity contribution is 6.21. The predicted octanol–water partition coefficient (Wildman–Crippen LogP) is 3.75. The van der Waals surface area contributed by atoms with E-state index in [1.165, 1.54) is 6.21 Å². The van der Waals surface area contributed by atoms with Crippen LogP contribution in [0.3, 0.4) is 0 Å². The van der Waals surface area contributed by atoms with Gasteiger partial charge >= 0.3 is 0 Å². The second kappa shape index (κ2) is 8.03. The lowest BCUT2D eigenvalue weighted by atomic mass is 10.1. The van der Waals surface area contributed by atoms with Gasteiger partial charge in [-0.25, -0.2) is 0 Å². The molecular formula is C21H22N2O4. The SMILES string of the molecule is COc1cc(/C=N/N2C(=O)c3ccccc3C2=O)ccc1OCCC(C)C. The highest BCUT2D eigenvalue weighted by atomic mass is 16.5. The average Bonchev–Trinajstić information content (AvgIpc) is 2.91. The average molecular weight is 366 g/mol. The van der Waals surface area contributed by atoms with E-state index in [0.717, 1.165) is 11.4 Å². The number of rotatable bonds is 7. The van der Waals surface area contributed by atoms with E-state index in [1.54, 1.807) is 49.6 Å².